The Balaban J connectivity index is 1.69. The minimum Gasteiger partial charge on any atom is -0.316 e. The minimum absolute atomic E-state index is 0.644. The first-order valence-corrected chi connectivity index (χ1v) is 6.81. The Kier molecular flexibility index (Phi) is 3.31. The first kappa shape index (κ1) is 11.1. The van der Waals surface area contributed by atoms with E-state index in [9.17, 15) is 0 Å². The summed E-state index contributed by atoms with van der Waals surface area (Å²) in [4.78, 5) is 4.72. The van der Waals surface area contributed by atoms with Gasteiger partial charge in [-0.15, -0.1) is 5.10 Å². The number of aromatic nitrogens is 3. The van der Waals surface area contributed by atoms with E-state index >= 15 is 0 Å². The van der Waals surface area contributed by atoms with Crippen LogP contribution in [0.25, 0.3) is 0 Å². The quantitative estimate of drug-likeness (QED) is 0.861. The first-order valence-electron chi connectivity index (χ1n) is 6.81. The molecule has 0 bridgehead atoms. The van der Waals surface area contributed by atoms with E-state index in [0.717, 1.165) is 25.3 Å². The summed E-state index contributed by atoms with van der Waals surface area (Å²) < 4.78 is 0. The SMILES string of the molecule is c1nnc(CC2CCNC2)nc1C1CCCC1. The third-order valence-corrected chi connectivity index (χ3v) is 4.03. The maximum atomic E-state index is 4.72. The Hall–Kier alpha value is -1.03. The van der Waals surface area contributed by atoms with Crippen LogP contribution in [0, 0.1) is 5.92 Å². The molecular weight excluding hydrogens is 212 g/mol. The van der Waals surface area contributed by atoms with Crippen LogP contribution < -0.4 is 5.32 Å². The van der Waals surface area contributed by atoms with Crippen LogP contribution in [0.5, 0.6) is 0 Å². The highest BCUT2D eigenvalue weighted by Crippen LogP contribution is 2.32. The Morgan fingerprint density at radius 2 is 2.12 bits per heavy atom. The van der Waals surface area contributed by atoms with Crippen molar-refractivity contribution in [2.24, 2.45) is 5.92 Å². The van der Waals surface area contributed by atoms with Crippen molar-refractivity contribution in [3.05, 3.63) is 17.7 Å². The normalized spacial score (nSPS) is 25.5. The number of hydrogen-bond acceptors (Lipinski definition) is 4. The molecule has 2 heterocycles. The molecule has 1 aromatic rings. The topological polar surface area (TPSA) is 50.7 Å². The van der Waals surface area contributed by atoms with Crippen molar-refractivity contribution in [1.82, 2.24) is 20.5 Å². The summed E-state index contributed by atoms with van der Waals surface area (Å²) >= 11 is 0. The van der Waals surface area contributed by atoms with Crippen LogP contribution in [-0.4, -0.2) is 28.3 Å². The van der Waals surface area contributed by atoms with E-state index in [0.29, 0.717) is 11.8 Å². The lowest BCUT2D eigenvalue weighted by Gasteiger charge is -2.10. The van der Waals surface area contributed by atoms with Crippen LogP contribution in [0.1, 0.15) is 49.5 Å². The molecule has 1 aromatic heterocycles. The highest BCUT2D eigenvalue weighted by Gasteiger charge is 2.21. The Morgan fingerprint density at radius 1 is 1.24 bits per heavy atom. The lowest BCUT2D eigenvalue weighted by Crippen LogP contribution is -2.13. The van der Waals surface area contributed by atoms with Crippen molar-refractivity contribution >= 4 is 0 Å². The van der Waals surface area contributed by atoms with Gasteiger partial charge >= 0.3 is 0 Å². The lowest BCUT2D eigenvalue weighted by atomic mass is 10.0. The maximum Gasteiger partial charge on any atom is 0.151 e. The fourth-order valence-corrected chi connectivity index (χ4v) is 3.01. The summed E-state index contributed by atoms with van der Waals surface area (Å²) in [6.07, 6.45) is 9.35. The summed E-state index contributed by atoms with van der Waals surface area (Å²) in [7, 11) is 0. The summed E-state index contributed by atoms with van der Waals surface area (Å²) in [6.45, 7) is 2.25. The second-order valence-electron chi connectivity index (χ2n) is 5.34. The van der Waals surface area contributed by atoms with Gasteiger partial charge in [0.2, 0.25) is 0 Å². The summed E-state index contributed by atoms with van der Waals surface area (Å²) in [6, 6.07) is 0. The molecule has 0 aromatic carbocycles. The van der Waals surface area contributed by atoms with Gasteiger partial charge in [0.05, 0.1) is 11.9 Å². The van der Waals surface area contributed by atoms with Crippen LogP contribution in [0.3, 0.4) is 0 Å². The molecule has 1 unspecified atom stereocenters. The predicted molar refractivity (Wildman–Crippen MR) is 65.7 cm³/mol. The zero-order valence-electron chi connectivity index (χ0n) is 10.2. The average Bonchev–Trinajstić information content (AvgIpc) is 3.01. The van der Waals surface area contributed by atoms with Gasteiger partial charge in [-0.3, -0.25) is 0 Å². The molecule has 4 heteroatoms. The van der Waals surface area contributed by atoms with Crippen molar-refractivity contribution < 1.29 is 0 Å². The zero-order chi connectivity index (χ0) is 11.5. The van der Waals surface area contributed by atoms with E-state index in [4.69, 9.17) is 4.98 Å². The second-order valence-corrected chi connectivity index (χ2v) is 5.34. The van der Waals surface area contributed by atoms with Crippen molar-refractivity contribution in [2.75, 3.05) is 13.1 Å². The van der Waals surface area contributed by atoms with E-state index in [1.54, 1.807) is 0 Å². The predicted octanol–water partition coefficient (Wildman–Crippen LogP) is 1.68. The molecule has 1 N–H and O–H groups in total. The number of hydrogen-bond donors (Lipinski definition) is 1. The average molecular weight is 232 g/mol. The highest BCUT2D eigenvalue weighted by molar-refractivity contribution is 5.06. The molecule has 4 nitrogen and oxygen atoms in total. The maximum absolute atomic E-state index is 4.72. The van der Waals surface area contributed by atoms with E-state index in [1.165, 1.54) is 37.8 Å². The molecule has 17 heavy (non-hydrogen) atoms. The van der Waals surface area contributed by atoms with Crippen LogP contribution in [0.15, 0.2) is 6.20 Å². The third kappa shape index (κ3) is 2.63. The number of rotatable bonds is 3. The van der Waals surface area contributed by atoms with Crippen LogP contribution in [0.2, 0.25) is 0 Å². The van der Waals surface area contributed by atoms with Gasteiger partial charge in [0, 0.05) is 12.3 Å². The van der Waals surface area contributed by atoms with Crippen molar-refractivity contribution in [2.45, 2.75) is 44.4 Å². The summed E-state index contributed by atoms with van der Waals surface area (Å²) in [5, 5.41) is 11.7. The molecule has 2 fully saturated rings. The van der Waals surface area contributed by atoms with Gasteiger partial charge in [-0.05, 0) is 38.3 Å². The van der Waals surface area contributed by atoms with Gasteiger partial charge in [0.15, 0.2) is 5.82 Å². The van der Waals surface area contributed by atoms with Crippen molar-refractivity contribution in [3.8, 4) is 0 Å². The zero-order valence-corrected chi connectivity index (χ0v) is 10.2. The molecule has 0 amide bonds. The van der Waals surface area contributed by atoms with Gasteiger partial charge < -0.3 is 5.32 Å². The van der Waals surface area contributed by atoms with Crippen LogP contribution >= 0.6 is 0 Å². The van der Waals surface area contributed by atoms with E-state index in [2.05, 4.69) is 15.5 Å². The molecule has 1 aliphatic carbocycles. The van der Waals surface area contributed by atoms with E-state index in [-0.39, 0.29) is 0 Å². The third-order valence-electron chi connectivity index (χ3n) is 4.03. The Bertz CT molecular complexity index is 367. The fourth-order valence-electron chi connectivity index (χ4n) is 3.01. The van der Waals surface area contributed by atoms with Gasteiger partial charge in [0.1, 0.15) is 0 Å². The van der Waals surface area contributed by atoms with Gasteiger partial charge in [-0.1, -0.05) is 12.8 Å². The molecule has 1 atom stereocenters. The van der Waals surface area contributed by atoms with Crippen LogP contribution in [-0.2, 0) is 6.42 Å². The second kappa shape index (κ2) is 5.08. The number of nitrogens with zero attached hydrogens (tertiary/aromatic N) is 3. The fraction of sp³-hybridized carbons (Fsp3) is 0.769. The standard InChI is InChI=1S/C13H20N4/c1-2-4-11(3-1)12-9-15-17-13(16-12)7-10-5-6-14-8-10/h9-11,14H,1-8H2. The first-order chi connectivity index (χ1) is 8.42. The van der Waals surface area contributed by atoms with E-state index < -0.39 is 0 Å². The van der Waals surface area contributed by atoms with Crippen LogP contribution in [0.4, 0.5) is 0 Å². The molecule has 0 radical (unpaired) electrons. The largest absolute Gasteiger partial charge is 0.316 e. The molecule has 1 saturated heterocycles. The van der Waals surface area contributed by atoms with Gasteiger partial charge in [-0.2, -0.15) is 5.10 Å². The molecule has 92 valence electrons. The van der Waals surface area contributed by atoms with E-state index in [1.807, 2.05) is 6.20 Å². The summed E-state index contributed by atoms with van der Waals surface area (Å²) in [5.41, 5.74) is 1.18. The molecule has 0 spiro atoms. The van der Waals surface area contributed by atoms with Crippen molar-refractivity contribution in [1.29, 1.82) is 0 Å². The lowest BCUT2D eigenvalue weighted by molar-refractivity contribution is 0.547. The highest BCUT2D eigenvalue weighted by atomic mass is 15.1. The molecule has 1 aliphatic heterocycles. The molecule has 3 rings (SSSR count). The molecule has 2 aliphatic rings. The van der Waals surface area contributed by atoms with Gasteiger partial charge in [0.25, 0.3) is 0 Å². The molecular formula is C13H20N4. The Labute approximate surface area is 102 Å². The number of nitrogens with one attached hydrogen (secondary N) is 1. The Morgan fingerprint density at radius 3 is 2.88 bits per heavy atom. The monoisotopic (exact) mass is 232 g/mol. The molecule has 1 saturated carbocycles. The summed E-state index contributed by atoms with van der Waals surface area (Å²) in [5.74, 6) is 2.30. The minimum atomic E-state index is 0.644. The smallest absolute Gasteiger partial charge is 0.151 e. The van der Waals surface area contributed by atoms with Crippen molar-refractivity contribution in [3.63, 3.8) is 0 Å². The van der Waals surface area contributed by atoms with Gasteiger partial charge in [-0.25, -0.2) is 4.98 Å².